The predicted molar refractivity (Wildman–Crippen MR) is 85.8 cm³/mol. The first-order valence-corrected chi connectivity index (χ1v) is 8.11. The summed E-state index contributed by atoms with van der Waals surface area (Å²) >= 11 is 0. The van der Waals surface area contributed by atoms with Crippen LogP contribution in [0.4, 0.5) is 13.2 Å². The van der Waals surface area contributed by atoms with Gasteiger partial charge in [0.05, 0.1) is 6.04 Å². The Labute approximate surface area is 139 Å². The third kappa shape index (κ3) is 3.44. The molecule has 0 radical (unpaired) electrons. The Hall–Kier alpha value is -1.92. The van der Waals surface area contributed by atoms with Crippen LogP contribution in [-0.4, -0.2) is 29.0 Å². The fourth-order valence-electron chi connectivity index (χ4n) is 3.37. The van der Waals surface area contributed by atoms with Crippen molar-refractivity contribution in [1.29, 1.82) is 0 Å². The van der Waals surface area contributed by atoms with E-state index in [0.717, 1.165) is 37.2 Å². The number of aromatic nitrogens is 1. The van der Waals surface area contributed by atoms with Gasteiger partial charge >= 0.3 is 0 Å². The van der Waals surface area contributed by atoms with Gasteiger partial charge in [0.15, 0.2) is 17.5 Å². The fraction of sp³-hybridized carbons (Fsp3) is 0.389. The van der Waals surface area contributed by atoms with Crippen LogP contribution in [0.1, 0.15) is 30.5 Å². The van der Waals surface area contributed by atoms with Crippen molar-refractivity contribution in [3.05, 3.63) is 65.2 Å². The maximum atomic E-state index is 13.6. The molecule has 0 aliphatic carbocycles. The molecule has 1 aromatic carbocycles. The van der Waals surface area contributed by atoms with Crippen LogP contribution in [0.3, 0.4) is 0 Å². The summed E-state index contributed by atoms with van der Waals surface area (Å²) in [6.07, 6.45) is 4.36. The lowest BCUT2D eigenvalue weighted by Crippen LogP contribution is -2.36. The normalized spacial score (nSPS) is 21.3. The standard InChI is InChI=1S/C18H20F3N3/c1-2-24-7-5-16(23-11-12-4-3-6-22-10-12)18(24)13-8-14(19)17(21)15(20)9-13/h3-4,6,8-10,16,18,23H,2,5,7,11H2,1H3/t16-,18-/m1/s1. The quantitative estimate of drug-likeness (QED) is 0.849. The van der Waals surface area contributed by atoms with Gasteiger partial charge in [-0.3, -0.25) is 9.88 Å². The van der Waals surface area contributed by atoms with E-state index < -0.39 is 17.5 Å². The predicted octanol–water partition coefficient (Wildman–Crippen LogP) is 3.42. The summed E-state index contributed by atoms with van der Waals surface area (Å²) in [5.41, 5.74) is 1.51. The lowest BCUT2D eigenvalue weighted by molar-refractivity contribution is 0.246. The average molecular weight is 335 g/mol. The largest absolute Gasteiger partial charge is 0.308 e. The van der Waals surface area contributed by atoms with Gasteiger partial charge in [0.2, 0.25) is 0 Å². The number of likely N-dealkylation sites (tertiary alicyclic amines) is 1. The topological polar surface area (TPSA) is 28.2 Å². The monoisotopic (exact) mass is 335 g/mol. The lowest BCUT2D eigenvalue weighted by atomic mass is 9.99. The number of pyridine rings is 1. The van der Waals surface area contributed by atoms with E-state index in [1.165, 1.54) is 0 Å². The molecular formula is C18H20F3N3. The number of benzene rings is 1. The third-order valence-electron chi connectivity index (χ3n) is 4.55. The van der Waals surface area contributed by atoms with E-state index in [4.69, 9.17) is 0 Å². The highest BCUT2D eigenvalue weighted by Crippen LogP contribution is 2.33. The van der Waals surface area contributed by atoms with Crippen LogP contribution in [0.5, 0.6) is 0 Å². The smallest absolute Gasteiger partial charge is 0.194 e. The molecule has 2 atom stereocenters. The van der Waals surface area contributed by atoms with Crippen LogP contribution < -0.4 is 5.32 Å². The molecule has 1 aliphatic rings. The number of rotatable bonds is 5. The van der Waals surface area contributed by atoms with E-state index in [0.29, 0.717) is 12.1 Å². The molecule has 1 fully saturated rings. The van der Waals surface area contributed by atoms with E-state index in [9.17, 15) is 13.2 Å². The third-order valence-corrected chi connectivity index (χ3v) is 4.55. The molecule has 128 valence electrons. The minimum Gasteiger partial charge on any atom is -0.308 e. The van der Waals surface area contributed by atoms with Crippen LogP contribution in [-0.2, 0) is 6.54 Å². The summed E-state index contributed by atoms with van der Waals surface area (Å²) in [6.45, 7) is 4.22. The molecule has 1 saturated heterocycles. The Morgan fingerprint density at radius 1 is 1.25 bits per heavy atom. The molecule has 1 N–H and O–H groups in total. The molecule has 2 heterocycles. The van der Waals surface area contributed by atoms with Gasteiger partial charge in [-0.05, 0) is 42.3 Å². The molecule has 0 saturated carbocycles. The summed E-state index contributed by atoms with van der Waals surface area (Å²) in [4.78, 5) is 6.23. The number of likely N-dealkylation sites (N-methyl/N-ethyl adjacent to an activating group) is 1. The number of nitrogens with one attached hydrogen (secondary N) is 1. The molecule has 3 nitrogen and oxygen atoms in total. The second-order valence-electron chi connectivity index (χ2n) is 6.01. The minimum absolute atomic E-state index is 0.0365. The zero-order valence-electron chi connectivity index (χ0n) is 13.5. The van der Waals surface area contributed by atoms with Crippen LogP contribution >= 0.6 is 0 Å². The number of hydrogen-bond donors (Lipinski definition) is 1. The van der Waals surface area contributed by atoms with Crippen molar-refractivity contribution < 1.29 is 13.2 Å². The molecule has 0 unspecified atom stereocenters. The Bertz CT molecular complexity index is 670. The maximum Gasteiger partial charge on any atom is 0.194 e. The lowest BCUT2D eigenvalue weighted by Gasteiger charge is -2.28. The summed E-state index contributed by atoms with van der Waals surface area (Å²) < 4.78 is 40.5. The number of halogens is 3. The van der Waals surface area contributed by atoms with Gasteiger partial charge in [0.1, 0.15) is 0 Å². The van der Waals surface area contributed by atoms with Gasteiger partial charge in [-0.25, -0.2) is 13.2 Å². The van der Waals surface area contributed by atoms with Gasteiger partial charge in [-0.15, -0.1) is 0 Å². The van der Waals surface area contributed by atoms with E-state index in [1.54, 1.807) is 12.4 Å². The van der Waals surface area contributed by atoms with Crippen molar-refractivity contribution in [3.63, 3.8) is 0 Å². The Kier molecular flexibility index (Phi) is 5.16. The van der Waals surface area contributed by atoms with Gasteiger partial charge in [0, 0.05) is 31.5 Å². The zero-order chi connectivity index (χ0) is 17.1. The molecule has 0 bridgehead atoms. The molecule has 1 aliphatic heterocycles. The van der Waals surface area contributed by atoms with Gasteiger partial charge in [-0.2, -0.15) is 0 Å². The molecule has 0 amide bonds. The maximum absolute atomic E-state index is 13.6. The van der Waals surface area contributed by atoms with Crippen LogP contribution in [0, 0.1) is 17.5 Å². The summed E-state index contributed by atoms with van der Waals surface area (Å²) in [6, 6.07) is 5.90. The molecule has 0 spiro atoms. The second-order valence-corrected chi connectivity index (χ2v) is 6.01. The SMILES string of the molecule is CCN1CC[C@@H](NCc2cccnc2)[C@H]1c1cc(F)c(F)c(F)c1. The highest BCUT2D eigenvalue weighted by molar-refractivity contribution is 5.25. The summed E-state index contributed by atoms with van der Waals surface area (Å²) in [7, 11) is 0. The van der Waals surface area contributed by atoms with Crippen molar-refractivity contribution in [3.8, 4) is 0 Å². The summed E-state index contributed by atoms with van der Waals surface area (Å²) in [5.74, 6) is -3.70. The molecule has 24 heavy (non-hydrogen) atoms. The van der Waals surface area contributed by atoms with E-state index >= 15 is 0 Å². The van der Waals surface area contributed by atoms with Crippen molar-refractivity contribution in [2.75, 3.05) is 13.1 Å². The molecule has 6 heteroatoms. The molecule has 2 aromatic rings. The highest BCUT2D eigenvalue weighted by atomic mass is 19.2. The minimum atomic E-state index is -1.42. The Morgan fingerprint density at radius 3 is 2.62 bits per heavy atom. The Morgan fingerprint density at radius 2 is 2.00 bits per heavy atom. The van der Waals surface area contributed by atoms with Crippen LogP contribution in [0.15, 0.2) is 36.7 Å². The average Bonchev–Trinajstić information content (AvgIpc) is 3.01. The van der Waals surface area contributed by atoms with Crippen molar-refractivity contribution in [2.45, 2.75) is 32.0 Å². The fourth-order valence-corrected chi connectivity index (χ4v) is 3.37. The van der Waals surface area contributed by atoms with Gasteiger partial charge in [-0.1, -0.05) is 13.0 Å². The van der Waals surface area contributed by atoms with Crippen LogP contribution in [0.25, 0.3) is 0 Å². The zero-order valence-corrected chi connectivity index (χ0v) is 13.5. The number of nitrogens with zero attached hydrogens (tertiary/aromatic N) is 2. The molecular weight excluding hydrogens is 315 g/mol. The van der Waals surface area contributed by atoms with Gasteiger partial charge < -0.3 is 5.32 Å². The van der Waals surface area contributed by atoms with Crippen molar-refractivity contribution in [2.24, 2.45) is 0 Å². The molecule has 3 rings (SSSR count). The first-order chi connectivity index (χ1) is 11.6. The van der Waals surface area contributed by atoms with Crippen LogP contribution in [0.2, 0.25) is 0 Å². The summed E-state index contributed by atoms with van der Waals surface area (Å²) in [5, 5.41) is 3.44. The first kappa shape index (κ1) is 16.9. The first-order valence-electron chi connectivity index (χ1n) is 8.11. The van der Waals surface area contributed by atoms with Gasteiger partial charge in [0.25, 0.3) is 0 Å². The van der Waals surface area contributed by atoms with E-state index in [1.807, 2.05) is 19.1 Å². The number of hydrogen-bond acceptors (Lipinski definition) is 3. The van der Waals surface area contributed by atoms with Crippen molar-refractivity contribution in [1.82, 2.24) is 15.2 Å². The van der Waals surface area contributed by atoms with Crippen molar-refractivity contribution >= 4 is 0 Å². The second kappa shape index (κ2) is 7.32. The van der Waals surface area contributed by atoms with E-state index in [-0.39, 0.29) is 12.1 Å². The Balaban J connectivity index is 1.81. The van der Waals surface area contributed by atoms with E-state index in [2.05, 4.69) is 15.2 Å². The molecule has 1 aromatic heterocycles. The highest BCUT2D eigenvalue weighted by Gasteiger charge is 2.35.